The fourth-order valence-corrected chi connectivity index (χ4v) is 3.43. The molecule has 0 spiro atoms. The SMILES string of the molecule is CCOc1cc(/C=N/NC(=O)Cc2ccc(F)cc2)cc(Br)c1OCc1cccc(F)c1. The van der Waals surface area contributed by atoms with Crippen molar-refractivity contribution < 1.29 is 23.0 Å². The Morgan fingerprint density at radius 1 is 1.03 bits per heavy atom. The van der Waals surface area contributed by atoms with Gasteiger partial charge in [0, 0.05) is 0 Å². The Kier molecular flexibility index (Phi) is 8.33. The number of hydrogen-bond acceptors (Lipinski definition) is 4. The van der Waals surface area contributed by atoms with Gasteiger partial charge in [-0.1, -0.05) is 24.3 Å². The van der Waals surface area contributed by atoms with Crippen LogP contribution in [0.1, 0.15) is 23.6 Å². The van der Waals surface area contributed by atoms with Gasteiger partial charge in [-0.25, -0.2) is 14.2 Å². The summed E-state index contributed by atoms with van der Waals surface area (Å²) < 4.78 is 38.5. The van der Waals surface area contributed by atoms with E-state index >= 15 is 0 Å². The number of carbonyl (C=O) groups is 1. The number of halogens is 3. The number of amides is 1. The van der Waals surface area contributed by atoms with E-state index in [1.54, 1.807) is 36.4 Å². The zero-order chi connectivity index (χ0) is 22.9. The molecule has 0 atom stereocenters. The Morgan fingerprint density at radius 3 is 2.53 bits per heavy atom. The molecule has 5 nitrogen and oxygen atoms in total. The quantitative estimate of drug-likeness (QED) is 0.315. The molecule has 0 saturated heterocycles. The van der Waals surface area contributed by atoms with E-state index in [0.29, 0.717) is 39.3 Å². The van der Waals surface area contributed by atoms with E-state index in [-0.39, 0.29) is 30.6 Å². The van der Waals surface area contributed by atoms with Gasteiger partial charge >= 0.3 is 0 Å². The normalized spacial score (nSPS) is 10.9. The molecule has 0 bridgehead atoms. The lowest BCUT2D eigenvalue weighted by Crippen LogP contribution is -2.19. The van der Waals surface area contributed by atoms with Gasteiger partial charge in [0.15, 0.2) is 11.5 Å². The van der Waals surface area contributed by atoms with E-state index < -0.39 is 0 Å². The molecule has 166 valence electrons. The number of hydrazone groups is 1. The van der Waals surface area contributed by atoms with E-state index in [1.165, 1.54) is 30.5 Å². The summed E-state index contributed by atoms with van der Waals surface area (Å²) in [6, 6.07) is 15.4. The van der Waals surface area contributed by atoms with E-state index in [2.05, 4.69) is 26.5 Å². The molecule has 32 heavy (non-hydrogen) atoms. The predicted octanol–water partition coefficient (Wildman–Crippen LogP) is 5.40. The van der Waals surface area contributed by atoms with Crippen LogP contribution in [0, 0.1) is 11.6 Å². The fraction of sp³-hybridized carbons (Fsp3) is 0.167. The molecule has 3 aromatic carbocycles. The Bertz CT molecular complexity index is 1100. The molecule has 8 heteroatoms. The second-order valence-electron chi connectivity index (χ2n) is 6.78. The van der Waals surface area contributed by atoms with Gasteiger partial charge in [-0.2, -0.15) is 5.10 Å². The van der Waals surface area contributed by atoms with Gasteiger partial charge in [0.05, 0.1) is 23.7 Å². The highest BCUT2D eigenvalue weighted by Gasteiger charge is 2.12. The van der Waals surface area contributed by atoms with Crippen molar-refractivity contribution in [1.82, 2.24) is 5.43 Å². The van der Waals surface area contributed by atoms with E-state index in [9.17, 15) is 13.6 Å². The molecule has 1 amide bonds. The van der Waals surface area contributed by atoms with Crippen molar-refractivity contribution in [3.63, 3.8) is 0 Å². The summed E-state index contributed by atoms with van der Waals surface area (Å²) in [6.45, 7) is 2.43. The molecule has 0 radical (unpaired) electrons. The maximum Gasteiger partial charge on any atom is 0.244 e. The molecule has 0 aromatic heterocycles. The monoisotopic (exact) mass is 502 g/mol. The van der Waals surface area contributed by atoms with Crippen LogP contribution < -0.4 is 14.9 Å². The van der Waals surface area contributed by atoms with Crippen LogP contribution in [0.3, 0.4) is 0 Å². The van der Waals surface area contributed by atoms with Gasteiger partial charge in [0.1, 0.15) is 18.2 Å². The molecule has 0 fully saturated rings. The highest BCUT2D eigenvalue weighted by molar-refractivity contribution is 9.10. The summed E-state index contributed by atoms with van der Waals surface area (Å²) in [7, 11) is 0. The van der Waals surface area contributed by atoms with Crippen LogP contribution in [-0.2, 0) is 17.8 Å². The van der Waals surface area contributed by atoms with Crippen molar-refractivity contribution in [1.29, 1.82) is 0 Å². The third-order valence-electron chi connectivity index (χ3n) is 4.28. The Hall–Kier alpha value is -3.26. The van der Waals surface area contributed by atoms with Crippen LogP contribution in [0.2, 0.25) is 0 Å². The lowest BCUT2D eigenvalue weighted by molar-refractivity contribution is -0.120. The molecule has 1 N–H and O–H groups in total. The smallest absolute Gasteiger partial charge is 0.244 e. The van der Waals surface area contributed by atoms with E-state index in [1.807, 2.05) is 6.92 Å². The summed E-state index contributed by atoms with van der Waals surface area (Å²) >= 11 is 3.47. The highest BCUT2D eigenvalue weighted by Crippen LogP contribution is 2.37. The molecule has 0 aliphatic carbocycles. The summed E-state index contributed by atoms with van der Waals surface area (Å²) in [5.41, 5.74) is 4.48. The van der Waals surface area contributed by atoms with E-state index in [4.69, 9.17) is 9.47 Å². The minimum absolute atomic E-state index is 0.0817. The van der Waals surface area contributed by atoms with Crippen LogP contribution >= 0.6 is 15.9 Å². The zero-order valence-electron chi connectivity index (χ0n) is 17.3. The molecular formula is C24H21BrF2N2O3. The van der Waals surface area contributed by atoms with Crippen molar-refractivity contribution in [2.75, 3.05) is 6.61 Å². The second-order valence-corrected chi connectivity index (χ2v) is 7.63. The maximum atomic E-state index is 13.4. The van der Waals surface area contributed by atoms with Crippen LogP contribution in [0.25, 0.3) is 0 Å². The van der Waals surface area contributed by atoms with Gasteiger partial charge < -0.3 is 9.47 Å². The first-order valence-electron chi connectivity index (χ1n) is 9.84. The third kappa shape index (κ3) is 6.88. The Labute approximate surface area is 193 Å². The van der Waals surface area contributed by atoms with Crippen LogP contribution in [0.4, 0.5) is 8.78 Å². The van der Waals surface area contributed by atoms with Crippen molar-refractivity contribution >= 4 is 28.1 Å². The van der Waals surface area contributed by atoms with Gasteiger partial charge in [-0.3, -0.25) is 4.79 Å². The lowest BCUT2D eigenvalue weighted by atomic mass is 10.1. The molecule has 0 aliphatic heterocycles. The average Bonchev–Trinajstić information content (AvgIpc) is 2.75. The summed E-state index contributed by atoms with van der Waals surface area (Å²) in [5.74, 6) is -0.0487. The highest BCUT2D eigenvalue weighted by atomic mass is 79.9. The maximum absolute atomic E-state index is 13.4. The van der Waals surface area contributed by atoms with Gasteiger partial charge in [-0.05, 0) is 75.9 Å². The van der Waals surface area contributed by atoms with E-state index in [0.717, 1.165) is 0 Å². The topological polar surface area (TPSA) is 59.9 Å². The number of carbonyl (C=O) groups excluding carboxylic acids is 1. The number of ether oxygens (including phenoxy) is 2. The Balaban J connectivity index is 1.66. The molecular weight excluding hydrogens is 482 g/mol. The van der Waals surface area contributed by atoms with Crippen molar-refractivity contribution in [2.24, 2.45) is 5.10 Å². The standard InChI is InChI=1S/C24H21BrF2N2O3/c1-2-31-22-12-18(14-28-29-23(30)13-16-6-8-19(26)9-7-16)11-21(25)24(22)32-15-17-4-3-5-20(27)10-17/h3-12,14H,2,13,15H2,1H3,(H,29,30)/b28-14+. The van der Waals surface area contributed by atoms with Gasteiger partial charge in [0.2, 0.25) is 5.91 Å². The van der Waals surface area contributed by atoms with Gasteiger partial charge in [0.25, 0.3) is 0 Å². The van der Waals surface area contributed by atoms with Crippen LogP contribution in [0.15, 0.2) is 70.2 Å². The number of benzene rings is 3. The lowest BCUT2D eigenvalue weighted by Gasteiger charge is -2.14. The fourth-order valence-electron chi connectivity index (χ4n) is 2.85. The van der Waals surface area contributed by atoms with Gasteiger partial charge in [-0.15, -0.1) is 0 Å². The average molecular weight is 503 g/mol. The van der Waals surface area contributed by atoms with Crippen LogP contribution in [-0.4, -0.2) is 18.7 Å². The minimum atomic E-state index is -0.355. The first-order valence-corrected chi connectivity index (χ1v) is 10.6. The number of nitrogens with zero attached hydrogens (tertiary/aromatic N) is 1. The molecule has 0 aliphatic rings. The van der Waals surface area contributed by atoms with Crippen molar-refractivity contribution in [3.05, 3.63) is 93.5 Å². The zero-order valence-corrected chi connectivity index (χ0v) is 18.9. The minimum Gasteiger partial charge on any atom is -0.490 e. The number of nitrogens with one attached hydrogen (secondary N) is 1. The second kappa shape index (κ2) is 11.4. The largest absolute Gasteiger partial charge is 0.490 e. The molecule has 0 unspecified atom stereocenters. The van der Waals surface area contributed by atoms with Crippen molar-refractivity contribution in [3.8, 4) is 11.5 Å². The van der Waals surface area contributed by atoms with Crippen LogP contribution in [0.5, 0.6) is 11.5 Å². The molecule has 0 heterocycles. The first kappa shape index (κ1) is 23.4. The third-order valence-corrected chi connectivity index (χ3v) is 4.87. The molecule has 0 saturated carbocycles. The summed E-state index contributed by atoms with van der Waals surface area (Å²) in [4.78, 5) is 12.0. The summed E-state index contributed by atoms with van der Waals surface area (Å²) in [5, 5.41) is 3.97. The number of rotatable bonds is 9. The Morgan fingerprint density at radius 2 is 1.81 bits per heavy atom. The predicted molar refractivity (Wildman–Crippen MR) is 122 cm³/mol. The summed E-state index contributed by atoms with van der Waals surface area (Å²) in [6.07, 6.45) is 1.56. The first-order chi connectivity index (χ1) is 15.4. The molecule has 3 aromatic rings. The molecule has 3 rings (SSSR count). The number of hydrogen-bond donors (Lipinski definition) is 1. The van der Waals surface area contributed by atoms with Crippen molar-refractivity contribution in [2.45, 2.75) is 20.0 Å².